The van der Waals surface area contributed by atoms with Crippen molar-refractivity contribution >= 4 is 0 Å². The van der Waals surface area contributed by atoms with Gasteiger partial charge in [0.1, 0.15) is 0 Å². The fraction of sp³-hybridized carbons (Fsp3) is 0.333. The van der Waals surface area contributed by atoms with Gasteiger partial charge in [-0.3, -0.25) is 0 Å². The first-order valence-corrected chi connectivity index (χ1v) is 6.43. The molecule has 98 valence electrons. The monoisotopic (exact) mass is 242 g/mol. The first-order valence-electron chi connectivity index (χ1n) is 6.43. The van der Waals surface area contributed by atoms with Crippen LogP contribution in [0.4, 0.5) is 0 Å². The van der Waals surface area contributed by atoms with Gasteiger partial charge >= 0.3 is 0 Å². The van der Waals surface area contributed by atoms with Gasteiger partial charge in [-0.05, 0) is 45.3 Å². The molecule has 0 saturated heterocycles. The molecular formula is C18H26. The second kappa shape index (κ2) is 8.52. The maximum atomic E-state index is 4.12. The van der Waals surface area contributed by atoms with Crippen LogP contribution in [0.2, 0.25) is 0 Å². The number of hydrogen-bond acceptors (Lipinski definition) is 0. The van der Waals surface area contributed by atoms with Crippen LogP contribution in [-0.2, 0) is 0 Å². The molecule has 0 atom stereocenters. The van der Waals surface area contributed by atoms with E-state index in [1.807, 2.05) is 12.2 Å². The zero-order chi connectivity index (χ0) is 14.1. The van der Waals surface area contributed by atoms with E-state index in [0.717, 1.165) is 17.6 Å². The molecule has 0 fully saturated rings. The predicted molar refractivity (Wildman–Crippen MR) is 84.7 cm³/mol. The Labute approximate surface area is 113 Å². The Hall–Kier alpha value is -1.56. The van der Waals surface area contributed by atoms with Gasteiger partial charge in [-0.1, -0.05) is 67.2 Å². The summed E-state index contributed by atoms with van der Waals surface area (Å²) in [5.41, 5.74) is 6.10. The van der Waals surface area contributed by atoms with Crippen LogP contribution < -0.4 is 0 Å². The van der Waals surface area contributed by atoms with E-state index in [4.69, 9.17) is 0 Å². The third-order valence-corrected chi connectivity index (χ3v) is 2.95. The summed E-state index contributed by atoms with van der Waals surface area (Å²) in [6.45, 7) is 18.5. The van der Waals surface area contributed by atoms with Crippen LogP contribution >= 0.6 is 0 Å². The molecule has 0 aromatic rings. The lowest BCUT2D eigenvalue weighted by Gasteiger charge is -2.04. The molecule has 0 nitrogen and oxygen atoms in total. The van der Waals surface area contributed by atoms with Gasteiger partial charge in [0.05, 0.1) is 0 Å². The molecule has 0 heteroatoms. The van der Waals surface area contributed by atoms with Gasteiger partial charge in [-0.25, -0.2) is 0 Å². The number of hydrogen-bond donors (Lipinski definition) is 0. The highest BCUT2D eigenvalue weighted by Gasteiger charge is 1.96. The Bertz CT molecular complexity index is 419. The topological polar surface area (TPSA) is 0 Å². The minimum Gasteiger partial charge on any atom is -0.0990 e. The van der Waals surface area contributed by atoms with E-state index in [2.05, 4.69) is 66.0 Å². The van der Waals surface area contributed by atoms with Crippen molar-refractivity contribution in [2.45, 2.75) is 41.0 Å². The lowest BCUT2D eigenvalue weighted by molar-refractivity contribution is 1.09. The standard InChI is InChI=1S/C18H26/c1-8-10-18(13-15(5)9-2)17(7)12-11-16(6)14(3)4/h8,10-13H,1,7,9H2,2-6H3/b12-11-,15-13+,18-10+. The van der Waals surface area contributed by atoms with Gasteiger partial charge < -0.3 is 0 Å². The van der Waals surface area contributed by atoms with E-state index in [-0.39, 0.29) is 0 Å². The molecule has 0 aliphatic heterocycles. The Kier molecular flexibility index (Phi) is 7.78. The molecule has 18 heavy (non-hydrogen) atoms. The summed E-state index contributed by atoms with van der Waals surface area (Å²) in [4.78, 5) is 0. The van der Waals surface area contributed by atoms with Crippen LogP contribution in [-0.4, -0.2) is 0 Å². The van der Waals surface area contributed by atoms with Gasteiger partial charge in [0.15, 0.2) is 0 Å². The van der Waals surface area contributed by atoms with Crippen molar-refractivity contribution < 1.29 is 0 Å². The second-order valence-electron chi connectivity index (χ2n) is 4.74. The van der Waals surface area contributed by atoms with Crippen molar-refractivity contribution in [2.75, 3.05) is 0 Å². The molecule has 0 heterocycles. The average molecular weight is 242 g/mol. The van der Waals surface area contributed by atoms with Crippen molar-refractivity contribution in [3.05, 3.63) is 71.4 Å². The first-order chi connectivity index (χ1) is 8.42. The van der Waals surface area contributed by atoms with Crippen LogP contribution in [0.3, 0.4) is 0 Å². The highest BCUT2D eigenvalue weighted by molar-refractivity contribution is 5.48. The Balaban J connectivity index is 5.09. The first kappa shape index (κ1) is 16.4. The third-order valence-electron chi connectivity index (χ3n) is 2.95. The predicted octanol–water partition coefficient (Wildman–Crippen LogP) is 5.92. The zero-order valence-electron chi connectivity index (χ0n) is 12.5. The minimum absolute atomic E-state index is 1.02. The van der Waals surface area contributed by atoms with Crippen LogP contribution in [0.15, 0.2) is 71.4 Å². The number of rotatable bonds is 6. The van der Waals surface area contributed by atoms with E-state index in [1.54, 1.807) is 0 Å². The fourth-order valence-electron chi connectivity index (χ4n) is 1.23. The SMILES string of the molecule is C=C/C=C(\C=C(/C)CC)C(=C)/C=C\C(C)=C(C)C. The Morgan fingerprint density at radius 3 is 2.11 bits per heavy atom. The van der Waals surface area contributed by atoms with Crippen LogP contribution in [0, 0.1) is 0 Å². The molecule has 0 rings (SSSR count). The Morgan fingerprint density at radius 2 is 1.67 bits per heavy atom. The fourth-order valence-corrected chi connectivity index (χ4v) is 1.23. The minimum atomic E-state index is 1.02. The van der Waals surface area contributed by atoms with E-state index < -0.39 is 0 Å². The van der Waals surface area contributed by atoms with E-state index in [0.29, 0.717) is 0 Å². The highest BCUT2D eigenvalue weighted by Crippen LogP contribution is 2.16. The van der Waals surface area contributed by atoms with Gasteiger partial charge in [-0.2, -0.15) is 0 Å². The van der Waals surface area contributed by atoms with E-state index in [1.165, 1.54) is 16.7 Å². The molecule has 0 saturated carbocycles. The smallest absolute Gasteiger partial charge is 0.0191 e. The maximum Gasteiger partial charge on any atom is -0.0191 e. The molecule has 0 spiro atoms. The van der Waals surface area contributed by atoms with Crippen LogP contribution in [0.1, 0.15) is 41.0 Å². The quantitative estimate of drug-likeness (QED) is 0.507. The lowest BCUT2D eigenvalue weighted by atomic mass is 10.0. The van der Waals surface area contributed by atoms with Crippen molar-refractivity contribution in [3.8, 4) is 0 Å². The van der Waals surface area contributed by atoms with Gasteiger partial charge in [-0.15, -0.1) is 0 Å². The van der Waals surface area contributed by atoms with Crippen molar-refractivity contribution in [1.29, 1.82) is 0 Å². The molecule has 0 bridgehead atoms. The summed E-state index contributed by atoms with van der Waals surface area (Å²) in [5.74, 6) is 0. The summed E-state index contributed by atoms with van der Waals surface area (Å²) in [6, 6.07) is 0. The molecule has 0 aromatic heterocycles. The lowest BCUT2D eigenvalue weighted by Crippen LogP contribution is -1.84. The number of allylic oxidation sites excluding steroid dienone is 10. The molecule has 0 aliphatic carbocycles. The Morgan fingerprint density at radius 1 is 1.06 bits per heavy atom. The van der Waals surface area contributed by atoms with Gasteiger partial charge in [0, 0.05) is 0 Å². The molecular weight excluding hydrogens is 216 g/mol. The third kappa shape index (κ3) is 6.24. The molecule has 0 N–H and O–H groups in total. The van der Waals surface area contributed by atoms with Gasteiger partial charge in [0.25, 0.3) is 0 Å². The molecule has 0 aliphatic rings. The van der Waals surface area contributed by atoms with Crippen LogP contribution in [0.25, 0.3) is 0 Å². The van der Waals surface area contributed by atoms with Crippen molar-refractivity contribution in [1.82, 2.24) is 0 Å². The largest absolute Gasteiger partial charge is 0.0990 e. The summed E-state index contributed by atoms with van der Waals surface area (Å²) in [7, 11) is 0. The normalized spacial score (nSPS) is 12.7. The summed E-state index contributed by atoms with van der Waals surface area (Å²) < 4.78 is 0. The highest BCUT2D eigenvalue weighted by atomic mass is 14.0. The molecule has 0 amide bonds. The molecule has 0 aromatic carbocycles. The van der Waals surface area contributed by atoms with E-state index >= 15 is 0 Å². The summed E-state index contributed by atoms with van der Waals surface area (Å²) in [6.07, 6.45) is 11.2. The van der Waals surface area contributed by atoms with Crippen molar-refractivity contribution in [2.24, 2.45) is 0 Å². The molecule has 0 radical (unpaired) electrons. The van der Waals surface area contributed by atoms with Crippen molar-refractivity contribution in [3.63, 3.8) is 0 Å². The summed E-state index contributed by atoms with van der Waals surface area (Å²) in [5, 5.41) is 0. The summed E-state index contributed by atoms with van der Waals surface area (Å²) >= 11 is 0. The van der Waals surface area contributed by atoms with E-state index in [9.17, 15) is 0 Å². The van der Waals surface area contributed by atoms with Crippen LogP contribution in [0.5, 0.6) is 0 Å². The average Bonchev–Trinajstić information content (AvgIpc) is 2.34. The maximum absolute atomic E-state index is 4.12. The second-order valence-corrected chi connectivity index (χ2v) is 4.74. The zero-order valence-corrected chi connectivity index (χ0v) is 12.5. The van der Waals surface area contributed by atoms with Gasteiger partial charge in [0.2, 0.25) is 0 Å². The molecule has 0 unspecified atom stereocenters.